The van der Waals surface area contributed by atoms with E-state index >= 15 is 0 Å². The number of fused-ring (bicyclic) bond motifs is 1. The molecule has 2 aromatic rings. The summed E-state index contributed by atoms with van der Waals surface area (Å²) in [5, 5.41) is 13.8. The second kappa shape index (κ2) is 6.93. The van der Waals surface area contributed by atoms with Gasteiger partial charge >= 0.3 is 5.97 Å². The highest BCUT2D eigenvalue weighted by atomic mass is 16.5. The summed E-state index contributed by atoms with van der Waals surface area (Å²) in [6.07, 6.45) is -0.0450. The maximum absolute atomic E-state index is 11.2. The minimum atomic E-state index is -0.893. The van der Waals surface area contributed by atoms with Gasteiger partial charge in [0, 0.05) is 19.4 Å². The Morgan fingerprint density at radius 3 is 2.68 bits per heavy atom. The van der Waals surface area contributed by atoms with Gasteiger partial charge in [-0.2, -0.15) is 0 Å². The van der Waals surface area contributed by atoms with Gasteiger partial charge in [0.05, 0.1) is 13.5 Å². The zero-order chi connectivity index (χ0) is 16.1. The van der Waals surface area contributed by atoms with Crippen LogP contribution < -0.4 is 10.1 Å². The number of hydrogen-bond donors (Lipinski definition) is 2. The highest BCUT2D eigenvalue weighted by Gasteiger charge is 2.18. The van der Waals surface area contributed by atoms with Crippen molar-refractivity contribution in [2.24, 2.45) is 0 Å². The molecule has 0 aliphatic carbocycles. The number of carboxylic acids is 1. The molecule has 1 unspecified atom stereocenters. The third-order valence-electron chi connectivity index (χ3n) is 3.58. The number of amides is 1. The molecule has 0 radical (unpaired) electrons. The second-order valence-electron chi connectivity index (χ2n) is 5.17. The Bertz CT molecular complexity index is 696. The summed E-state index contributed by atoms with van der Waals surface area (Å²) in [4.78, 5) is 22.3. The zero-order valence-corrected chi connectivity index (χ0v) is 12.6. The average Bonchev–Trinajstić information content (AvgIpc) is 2.49. The summed E-state index contributed by atoms with van der Waals surface area (Å²) < 4.78 is 5.25. The smallest absolute Gasteiger partial charge is 0.304 e. The van der Waals surface area contributed by atoms with Crippen LogP contribution in [-0.4, -0.2) is 30.6 Å². The summed E-state index contributed by atoms with van der Waals surface area (Å²) in [5.41, 5.74) is 0.896. The van der Waals surface area contributed by atoms with Crippen molar-refractivity contribution in [1.82, 2.24) is 5.32 Å². The number of ether oxygens (including phenoxy) is 1. The molecule has 0 bridgehead atoms. The van der Waals surface area contributed by atoms with Crippen molar-refractivity contribution in [3.63, 3.8) is 0 Å². The molecular weight excluding hydrogens is 282 g/mol. The summed E-state index contributed by atoms with van der Waals surface area (Å²) in [5.74, 6) is -0.644. The molecular formula is C17H19NO4. The maximum Gasteiger partial charge on any atom is 0.304 e. The Kier molecular flexibility index (Phi) is 4.99. The number of nitrogens with one attached hydrogen (secondary N) is 1. The van der Waals surface area contributed by atoms with E-state index in [9.17, 15) is 9.59 Å². The fourth-order valence-corrected chi connectivity index (χ4v) is 2.53. The number of hydrogen-bond acceptors (Lipinski definition) is 3. The lowest BCUT2D eigenvalue weighted by Gasteiger charge is -2.18. The van der Waals surface area contributed by atoms with Crippen molar-refractivity contribution >= 4 is 22.6 Å². The second-order valence-corrected chi connectivity index (χ2v) is 5.17. The predicted octanol–water partition coefficient (Wildman–Crippen LogP) is 2.54. The Labute approximate surface area is 128 Å². The van der Waals surface area contributed by atoms with Crippen molar-refractivity contribution in [2.75, 3.05) is 13.7 Å². The highest BCUT2D eigenvalue weighted by Crippen LogP contribution is 2.30. The van der Waals surface area contributed by atoms with E-state index in [0.29, 0.717) is 5.75 Å². The van der Waals surface area contributed by atoms with Crippen molar-refractivity contribution in [2.45, 2.75) is 19.3 Å². The largest absolute Gasteiger partial charge is 0.497 e. The third-order valence-corrected chi connectivity index (χ3v) is 3.58. The van der Waals surface area contributed by atoms with Gasteiger partial charge in [0.15, 0.2) is 0 Å². The minimum Gasteiger partial charge on any atom is -0.497 e. The van der Waals surface area contributed by atoms with Crippen molar-refractivity contribution in [1.29, 1.82) is 0 Å². The topological polar surface area (TPSA) is 75.6 Å². The molecule has 2 rings (SSSR count). The normalized spacial score (nSPS) is 11.9. The molecule has 1 amide bonds. The molecule has 0 saturated heterocycles. The van der Waals surface area contributed by atoms with E-state index in [4.69, 9.17) is 9.84 Å². The molecule has 116 valence electrons. The van der Waals surface area contributed by atoms with E-state index in [2.05, 4.69) is 5.32 Å². The van der Waals surface area contributed by atoms with Crippen LogP contribution >= 0.6 is 0 Å². The van der Waals surface area contributed by atoms with Crippen LogP contribution in [0.25, 0.3) is 10.8 Å². The molecule has 22 heavy (non-hydrogen) atoms. The average molecular weight is 301 g/mol. The van der Waals surface area contributed by atoms with E-state index in [0.717, 1.165) is 16.3 Å². The standard InChI is InChI=1S/C17H19NO4/c1-11(19)18-10-13(8-17(20)21)15-5-3-4-12-6-7-14(22-2)9-16(12)15/h3-7,9,13H,8,10H2,1-2H3,(H,18,19)(H,20,21). The first-order valence-corrected chi connectivity index (χ1v) is 7.04. The fraction of sp³-hybridized carbons (Fsp3) is 0.294. The monoisotopic (exact) mass is 301 g/mol. The first kappa shape index (κ1) is 15.8. The molecule has 0 spiro atoms. The van der Waals surface area contributed by atoms with E-state index in [1.54, 1.807) is 7.11 Å². The van der Waals surface area contributed by atoms with Gasteiger partial charge in [-0.1, -0.05) is 24.3 Å². The lowest BCUT2D eigenvalue weighted by Crippen LogP contribution is -2.27. The molecule has 2 aromatic carbocycles. The molecule has 0 fully saturated rings. The summed E-state index contributed by atoms with van der Waals surface area (Å²) in [6, 6.07) is 11.5. The molecule has 0 aromatic heterocycles. The molecule has 5 nitrogen and oxygen atoms in total. The molecule has 0 heterocycles. The quantitative estimate of drug-likeness (QED) is 0.859. The lowest BCUT2D eigenvalue weighted by molar-refractivity contribution is -0.137. The molecule has 1 atom stereocenters. The number of carbonyl (C=O) groups is 2. The molecule has 0 aliphatic rings. The predicted molar refractivity (Wildman–Crippen MR) is 84.2 cm³/mol. The van der Waals surface area contributed by atoms with Crippen LogP contribution in [0.4, 0.5) is 0 Å². The number of carboxylic acid groups (broad SMARTS) is 1. The van der Waals surface area contributed by atoms with E-state index in [1.165, 1.54) is 6.92 Å². The Morgan fingerprint density at radius 1 is 1.27 bits per heavy atom. The van der Waals surface area contributed by atoms with Gasteiger partial charge in [-0.05, 0) is 28.5 Å². The van der Waals surface area contributed by atoms with E-state index in [1.807, 2.05) is 36.4 Å². The van der Waals surface area contributed by atoms with Gasteiger partial charge in [-0.3, -0.25) is 9.59 Å². The zero-order valence-electron chi connectivity index (χ0n) is 12.6. The minimum absolute atomic E-state index is 0.0450. The van der Waals surface area contributed by atoms with Gasteiger partial charge in [0.25, 0.3) is 0 Å². The first-order chi connectivity index (χ1) is 10.5. The van der Waals surface area contributed by atoms with Crippen molar-refractivity contribution < 1.29 is 19.4 Å². The molecule has 5 heteroatoms. The summed E-state index contributed by atoms with van der Waals surface area (Å²) in [7, 11) is 1.59. The Morgan fingerprint density at radius 2 is 2.05 bits per heavy atom. The van der Waals surface area contributed by atoms with Gasteiger partial charge in [-0.15, -0.1) is 0 Å². The molecule has 2 N–H and O–H groups in total. The fourth-order valence-electron chi connectivity index (χ4n) is 2.53. The number of rotatable bonds is 6. The van der Waals surface area contributed by atoms with Crippen LogP contribution in [0, 0.1) is 0 Å². The van der Waals surface area contributed by atoms with Crippen LogP contribution in [0.3, 0.4) is 0 Å². The van der Waals surface area contributed by atoms with Gasteiger partial charge < -0.3 is 15.2 Å². The number of methoxy groups -OCH3 is 1. The van der Waals surface area contributed by atoms with E-state index < -0.39 is 5.97 Å². The van der Waals surface area contributed by atoms with Gasteiger partial charge in [0.1, 0.15) is 5.75 Å². The highest BCUT2D eigenvalue weighted by molar-refractivity contribution is 5.88. The van der Waals surface area contributed by atoms with Crippen LogP contribution in [0.1, 0.15) is 24.8 Å². The number of aliphatic carboxylic acids is 1. The van der Waals surface area contributed by atoms with Crippen molar-refractivity contribution in [3.8, 4) is 5.75 Å². The van der Waals surface area contributed by atoms with Crippen LogP contribution in [0.15, 0.2) is 36.4 Å². The third kappa shape index (κ3) is 3.75. The first-order valence-electron chi connectivity index (χ1n) is 7.04. The SMILES string of the molecule is COc1ccc2cccc(C(CNC(C)=O)CC(=O)O)c2c1. The Balaban J connectivity index is 2.46. The Hall–Kier alpha value is -2.56. The molecule has 0 saturated carbocycles. The maximum atomic E-state index is 11.2. The van der Waals surface area contributed by atoms with Crippen LogP contribution in [0.2, 0.25) is 0 Å². The summed E-state index contributed by atoms with van der Waals surface area (Å²) in [6.45, 7) is 1.71. The number of benzene rings is 2. The van der Waals surface area contributed by atoms with Crippen molar-refractivity contribution in [3.05, 3.63) is 42.0 Å². The summed E-state index contributed by atoms with van der Waals surface area (Å²) >= 11 is 0. The lowest BCUT2D eigenvalue weighted by atomic mass is 9.90. The van der Waals surface area contributed by atoms with Crippen LogP contribution in [0.5, 0.6) is 5.75 Å². The van der Waals surface area contributed by atoms with E-state index in [-0.39, 0.29) is 24.8 Å². The van der Waals surface area contributed by atoms with Crippen LogP contribution in [-0.2, 0) is 9.59 Å². The number of carbonyl (C=O) groups excluding carboxylic acids is 1. The van der Waals surface area contributed by atoms with Gasteiger partial charge in [-0.25, -0.2) is 0 Å². The van der Waals surface area contributed by atoms with Gasteiger partial charge in [0.2, 0.25) is 5.91 Å². The molecule has 0 aliphatic heterocycles.